The molecule has 0 bridgehead atoms. The molecule has 7 rings (SSSR count). The number of methoxy groups -OCH3 is 1. The first-order valence-electron chi connectivity index (χ1n) is 15.1. The molecule has 3 aliphatic heterocycles. The fourth-order valence-corrected chi connectivity index (χ4v) is 6.72. The molecule has 0 atom stereocenters. The number of benzene rings is 1. The lowest BCUT2D eigenvalue weighted by atomic mass is 10.0. The molecule has 0 unspecified atom stereocenters. The van der Waals surface area contributed by atoms with E-state index in [0.717, 1.165) is 98.4 Å². The largest absolute Gasteiger partial charge is 0.494 e. The Kier molecular flexibility index (Phi) is 7.60. The SMILES string of the molecule is COc1cc2c(-c3cnn4cc(N5CCC(N6CCN(C)CC6)CC5)cc(OC5CCOCC5)c34)ccnc2cc1F. The molecule has 10 heteroatoms. The summed E-state index contributed by atoms with van der Waals surface area (Å²) in [6, 6.07) is 7.93. The fraction of sp³-hybridized carbons (Fsp3) is 0.500. The number of hydrogen-bond acceptors (Lipinski definition) is 8. The van der Waals surface area contributed by atoms with E-state index in [1.165, 1.54) is 13.2 Å². The van der Waals surface area contributed by atoms with Crippen molar-refractivity contribution >= 4 is 22.1 Å². The van der Waals surface area contributed by atoms with Crippen molar-refractivity contribution in [2.75, 3.05) is 71.5 Å². The van der Waals surface area contributed by atoms with Gasteiger partial charge in [-0.05, 0) is 37.6 Å². The summed E-state index contributed by atoms with van der Waals surface area (Å²) in [7, 11) is 3.69. The summed E-state index contributed by atoms with van der Waals surface area (Å²) in [6.45, 7) is 8.05. The van der Waals surface area contributed by atoms with Crippen LogP contribution in [0.1, 0.15) is 25.7 Å². The van der Waals surface area contributed by atoms with Crippen molar-refractivity contribution in [3.63, 3.8) is 0 Å². The van der Waals surface area contributed by atoms with Crippen LogP contribution in [0.3, 0.4) is 0 Å². The molecular weight excluding hydrogens is 535 g/mol. The van der Waals surface area contributed by atoms with E-state index >= 15 is 0 Å². The maximum absolute atomic E-state index is 14.5. The summed E-state index contributed by atoms with van der Waals surface area (Å²) in [5.74, 6) is 0.570. The van der Waals surface area contributed by atoms with Gasteiger partial charge in [0, 0.05) is 87.4 Å². The van der Waals surface area contributed by atoms with Crippen molar-refractivity contribution in [1.82, 2.24) is 24.4 Å². The zero-order valence-electron chi connectivity index (χ0n) is 24.5. The van der Waals surface area contributed by atoms with Crippen LogP contribution in [-0.4, -0.2) is 103 Å². The van der Waals surface area contributed by atoms with Gasteiger partial charge in [-0.1, -0.05) is 0 Å². The molecule has 1 aromatic carbocycles. The van der Waals surface area contributed by atoms with Crippen molar-refractivity contribution in [2.45, 2.75) is 37.8 Å². The molecule has 42 heavy (non-hydrogen) atoms. The van der Waals surface area contributed by atoms with Gasteiger partial charge in [0.25, 0.3) is 0 Å². The topological polar surface area (TPSA) is 67.6 Å². The molecule has 3 aromatic heterocycles. The molecule has 0 N–H and O–H groups in total. The first-order chi connectivity index (χ1) is 20.6. The van der Waals surface area contributed by atoms with Gasteiger partial charge < -0.3 is 24.0 Å². The summed E-state index contributed by atoms with van der Waals surface area (Å²) in [5, 5.41) is 5.62. The van der Waals surface area contributed by atoms with E-state index in [1.54, 1.807) is 12.3 Å². The molecular formula is C32H39FN6O3. The van der Waals surface area contributed by atoms with Crippen LogP contribution in [0.4, 0.5) is 10.1 Å². The van der Waals surface area contributed by atoms with E-state index in [4.69, 9.17) is 19.3 Å². The van der Waals surface area contributed by atoms with Crippen LogP contribution in [0.25, 0.3) is 27.5 Å². The number of nitrogens with zero attached hydrogens (tertiary/aromatic N) is 6. The fourth-order valence-electron chi connectivity index (χ4n) is 6.72. The van der Waals surface area contributed by atoms with Crippen LogP contribution in [0.2, 0.25) is 0 Å². The van der Waals surface area contributed by atoms with Crippen molar-refractivity contribution in [3.8, 4) is 22.6 Å². The van der Waals surface area contributed by atoms with Crippen molar-refractivity contribution < 1.29 is 18.6 Å². The molecule has 0 spiro atoms. The smallest absolute Gasteiger partial charge is 0.167 e. The van der Waals surface area contributed by atoms with Gasteiger partial charge in [-0.25, -0.2) is 8.91 Å². The number of anilines is 1. The van der Waals surface area contributed by atoms with Gasteiger partial charge in [0.2, 0.25) is 0 Å². The maximum Gasteiger partial charge on any atom is 0.167 e. The van der Waals surface area contributed by atoms with Crippen LogP contribution in [-0.2, 0) is 4.74 Å². The molecule has 0 radical (unpaired) electrons. The number of rotatable bonds is 6. The highest BCUT2D eigenvalue weighted by molar-refractivity contribution is 6.00. The summed E-state index contributed by atoms with van der Waals surface area (Å²) in [4.78, 5) is 12.0. The molecule has 3 aliphatic rings. The lowest BCUT2D eigenvalue weighted by Gasteiger charge is -2.42. The third kappa shape index (κ3) is 5.27. The van der Waals surface area contributed by atoms with Gasteiger partial charge in [-0.15, -0.1) is 0 Å². The Balaban J connectivity index is 1.24. The number of ether oxygens (including phenoxy) is 3. The number of hydrogen-bond donors (Lipinski definition) is 0. The van der Waals surface area contributed by atoms with Gasteiger partial charge in [-0.3, -0.25) is 9.88 Å². The molecule has 3 saturated heterocycles. The predicted octanol–water partition coefficient (Wildman–Crippen LogP) is 4.47. The molecule has 6 heterocycles. The van der Waals surface area contributed by atoms with Gasteiger partial charge in [0.1, 0.15) is 17.4 Å². The quantitative estimate of drug-likeness (QED) is 0.334. The number of piperazine rings is 1. The standard InChI is InChI=1S/C32H39FN6O3/c1-36-11-13-38(14-12-36)22-4-9-37(10-5-22)23-17-31(42-24-6-15-41-16-7-24)32-27(20-35-39(32)21-23)25-3-8-34-29-19-28(33)30(40-2)18-26(25)29/h3,8,17-22,24H,4-7,9-16H2,1-2H3. The first kappa shape index (κ1) is 27.4. The third-order valence-electron chi connectivity index (χ3n) is 9.21. The minimum absolute atomic E-state index is 0.0758. The van der Waals surface area contributed by atoms with Crippen LogP contribution >= 0.6 is 0 Å². The Bertz CT molecular complexity index is 1560. The number of aromatic nitrogens is 3. The summed E-state index contributed by atoms with van der Waals surface area (Å²) < 4.78 is 34.1. The lowest BCUT2D eigenvalue weighted by Crippen LogP contribution is -2.52. The third-order valence-corrected chi connectivity index (χ3v) is 9.21. The Hall–Kier alpha value is -3.47. The molecule has 4 aromatic rings. The van der Waals surface area contributed by atoms with Gasteiger partial charge in [0.05, 0.1) is 43.9 Å². The molecule has 0 amide bonds. The van der Waals surface area contributed by atoms with E-state index in [-0.39, 0.29) is 11.9 Å². The Labute approximate surface area is 245 Å². The van der Waals surface area contributed by atoms with E-state index in [0.29, 0.717) is 24.8 Å². The Morgan fingerprint density at radius 2 is 1.71 bits per heavy atom. The normalized spacial score (nSPS) is 20.0. The second-order valence-corrected chi connectivity index (χ2v) is 11.8. The number of piperidine rings is 1. The van der Waals surface area contributed by atoms with E-state index in [2.05, 4.69) is 39.0 Å². The number of halogens is 1. The summed E-state index contributed by atoms with van der Waals surface area (Å²) in [5.41, 5.74) is 4.41. The molecule has 222 valence electrons. The zero-order chi connectivity index (χ0) is 28.6. The van der Waals surface area contributed by atoms with E-state index in [1.807, 2.05) is 16.8 Å². The van der Waals surface area contributed by atoms with E-state index in [9.17, 15) is 4.39 Å². The van der Waals surface area contributed by atoms with Crippen LogP contribution in [0, 0.1) is 5.82 Å². The van der Waals surface area contributed by atoms with Gasteiger partial charge in [-0.2, -0.15) is 5.10 Å². The highest BCUT2D eigenvalue weighted by Crippen LogP contribution is 2.39. The van der Waals surface area contributed by atoms with Gasteiger partial charge in [0.15, 0.2) is 11.6 Å². The van der Waals surface area contributed by atoms with Crippen molar-refractivity contribution in [3.05, 3.63) is 48.7 Å². The lowest BCUT2D eigenvalue weighted by molar-refractivity contribution is 0.0260. The van der Waals surface area contributed by atoms with Gasteiger partial charge >= 0.3 is 0 Å². The van der Waals surface area contributed by atoms with E-state index < -0.39 is 5.82 Å². The molecule has 3 fully saturated rings. The second kappa shape index (κ2) is 11.7. The minimum Gasteiger partial charge on any atom is -0.494 e. The monoisotopic (exact) mass is 574 g/mol. The maximum atomic E-state index is 14.5. The number of likely N-dealkylation sites (N-methyl/N-ethyl adjacent to an activating group) is 1. The predicted molar refractivity (Wildman–Crippen MR) is 161 cm³/mol. The second-order valence-electron chi connectivity index (χ2n) is 11.8. The number of pyridine rings is 2. The highest BCUT2D eigenvalue weighted by atomic mass is 19.1. The summed E-state index contributed by atoms with van der Waals surface area (Å²) >= 11 is 0. The van der Waals surface area contributed by atoms with Crippen molar-refractivity contribution in [1.29, 1.82) is 0 Å². The molecule has 0 aliphatic carbocycles. The average Bonchev–Trinajstić information content (AvgIpc) is 3.46. The van der Waals surface area contributed by atoms with Crippen LogP contribution in [0.5, 0.6) is 11.5 Å². The first-order valence-corrected chi connectivity index (χ1v) is 15.1. The Morgan fingerprint density at radius 3 is 2.48 bits per heavy atom. The van der Waals surface area contributed by atoms with Crippen LogP contribution < -0.4 is 14.4 Å². The highest BCUT2D eigenvalue weighted by Gasteiger charge is 2.28. The van der Waals surface area contributed by atoms with Crippen molar-refractivity contribution in [2.24, 2.45) is 0 Å². The minimum atomic E-state index is -0.431. The molecule has 0 saturated carbocycles. The number of fused-ring (bicyclic) bond motifs is 2. The van der Waals surface area contributed by atoms with Crippen LogP contribution in [0.15, 0.2) is 42.9 Å². The summed E-state index contributed by atoms with van der Waals surface area (Å²) in [6.07, 6.45) is 9.80. The Morgan fingerprint density at radius 1 is 0.929 bits per heavy atom. The zero-order valence-corrected chi connectivity index (χ0v) is 24.5. The average molecular weight is 575 g/mol. The molecule has 9 nitrogen and oxygen atoms in total.